The topological polar surface area (TPSA) is 92.7 Å². The average molecular weight is 480 g/mol. The molecule has 35 heavy (non-hydrogen) atoms. The Kier molecular flexibility index (Phi) is 8.30. The van der Waals surface area contributed by atoms with Gasteiger partial charge in [-0.25, -0.2) is 0 Å². The number of carbonyl (C=O) groups excluding carboxylic acids is 1. The molecular weight excluding hydrogens is 450 g/mol. The van der Waals surface area contributed by atoms with E-state index in [1.54, 1.807) is 36.4 Å². The van der Waals surface area contributed by atoms with Crippen molar-refractivity contribution in [3.8, 4) is 28.7 Å². The second-order valence-corrected chi connectivity index (χ2v) is 8.19. The monoisotopic (exact) mass is 479 g/mol. The number of carbonyl (C=O) groups is 1. The van der Waals surface area contributed by atoms with Crippen molar-refractivity contribution in [2.24, 2.45) is 5.18 Å². The van der Waals surface area contributed by atoms with Crippen molar-refractivity contribution < 1.29 is 28.5 Å². The Morgan fingerprint density at radius 1 is 1.09 bits per heavy atom. The van der Waals surface area contributed by atoms with Crippen molar-refractivity contribution in [2.75, 3.05) is 26.9 Å². The first kappa shape index (κ1) is 25.6. The van der Waals surface area contributed by atoms with Gasteiger partial charge in [0.05, 0.1) is 23.8 Å². The molecule has 0 unspecified atom stereocenters. The fraction of sp³-hybridized carbons (Fsp3) is 0.296. The summed E-state index contributed by atoms with van der Waals surface area (Å²) in [5, 5.41) is 3.01. The summed E-state index contributed by atoms with van der Waals surface area (Å²) in [6.07, 6.45) is 6.92. The van der Waals surface area contributed by atoms with Gasteiger partial charge in [-0.2, -0.15) is 4.91 Å². The highest BCUT2D eigenvalue weighted by Crippen LogP contribution is 2.44. The molecule has 0 aliphatic carbocycles. The molecule has 2 aromatic rings. The van der Waals surface area contributed by atoms with Crippen molar-refractivity contribution in [3.05, 3.63) is 77.2 Å². The van der Waals surface area contributed by atoms with E-state index in [9.17, 15) is 9.70 Å². The lowest BCUT2D eigenvalue weighted by Crippen LogP contribution is -2.28. The van der Waals surface area contributed by atoms with Crippen LogP contribution in [0.1, 0.15) is 35.3 Å². The standard InChI is InChI=1S/C27H29NO7/c1-6-12-32-18-8-9-19(24(14-18)33-13-7-2)22(29)17-34-26-20-10-11-27(3,4)35-25(20)15-23(31-5)21(26)16-28-30/h6-11,14-15H,1-2,12-13,16-17H2,3-5H3. The number of nitroso groups, excluding NO2 is 1. The number of hydrogen-bond donors (Lipinski definition) is 0. The number of nitrogens with zero attached hydrogens (tertiary/aromatic N) is 1. The second-order valence-electron chi connectivity index (χ2n) is 8.19. The van der Waals surface area contributed by atoms with Gasteiger partial charge >= 0.3 is 0 Å². The molecule has 1 heterocycles. The third kappa shape index (κ3) is 6.09. The SMILES string of the molecule is C=CCOc1ccc(C(=O)COc2c3c(cc(OC)c2CN=O)OC(C)(C)C=C3)c(OCC=C)c1. The van der Waals surface area contributed by atoms with Crippen LogP contribution in [0.3, 0.4) is 0 Å². The summed E-state index contributed by atoms with van der Waals surface area (Å²) in [6, 6.07) is 6.61. The molecule has 0 bridgehead atoms. The van der Waals surface area contributed by atoms with Gasteiger partial charge in [0.1, 0.15) is 54.1 Å². The molecule has 0 amide bonds. The van der Waals surface area contributed by atoms with Crippen molar-refractivity contribution >= 4 is 11.9 Å². The van der Waals surface area contributed by atoms with Crippen LogP contribution in [0.15, 0.2) is 60.8 Å². The van der Waals surface area contributed by atoms with Gasteiger partial charge in [0, 0.05) is 12.1 Å². The van der Waals surface area contributed by atoms with Crippen LogP contribution in [0, 0.1) is 4.91 Å². The average Bonchev–Trinajstić information content (AvgIpc) is 2.84. The van der Waals surface area contributed by atoms with Gasteiger partial charge in [-0.15, -0.1) is 0 Å². The Morgan fingerprint density at radius 2 is 1.83 bits per heavy atom. The summed E-state index contributed by atoms with van der Waals surface area (Å²) < 4.78 is 28.7. The van der Waals surface area contributed by atoms with Gasteiger partial charge in [-0.1, -0.05) is 30.5 Å². The van der Waals surface area contributed by atoms with Crippen LogP contribution < -0.4 is 23.7 Å². The third-order valence-electron chi connectivity index (χ3n) is 5.14. The molecule has 0 N–H and O–H groups in total. The molecule has 3 rings (SSSR count). The summed E-state index contributed by atoms with van der Waals surface area (Å²) in [7, 11) is 1.48. The molecule has 1 aliphatic rings. The fourth-order valence-electron chi connectivity index (χ4n) is 3.54. The number of rotatable bonds is 13. The minimum absolute atomic E-state index is 0.194. The minimum Gasteiger partial charge on any atom is -0.496 e. The quantitative estimate of drug-likeness (QED) is 0.212. The maximum absolute atomic E-state index is 13.2. The predicted octanol–water partition coefficient (Wildman–Crippen LogP) is 5.54. The molecular formula is C27H29NO7. The summed E-state index contributed by atoms with van der Waals surface area (Å²) in [5.41, 5.74) is 0.811. The van der Waals surface area contributed by atoms with Crippen LogP contribution in [-0.4, -0.2) is 38.3 Å². The zero-order valence-electron chi connectivity index (χ0n) is 20.2. The van der Waals surface area contributed by atoms with E-state index in [0.717, 1.165) is 0 Å². The van der Waals surface area contributed by atoms with E-state index < -0.39 is 5.60 Å². The first-order valence-electron chi connectivity index (χ1n) is 11.0. The number of methoxy groups -OCH3 is 1. The summed E-state index contributed by atoms with van der Waals surface area (Å²) in [4.78, 5) is 24.3. The molecule has 0 fully saturated rings. The normalized spacial score (nSPS) is 13.1. The maximum Gasteiger partial charge on any atom is 0.203 e. The summed E-state index contributed by atoms with van der Waals surface area (Å²) >= 11 is 0. The van der Waals surface area contributed by atoms with Gasteiger partial charge in [0.15, 0.2) is 6.61 Å². The first-order chi connectivity index (χ1) is 16.8. The first-order valence-corrected chi connectivity index (χ1v) is 11.0. The zero-order valence-corrected chi connectivity index (χ0v) is 20.2. The largest absolute Gasteiger partial charge is 0.496 e. The van der Waals surface area contributed by atoms with Crippen LogP contribution in [0.25, 0.3) is 6.08 Å². The Bertz CT molecular complexity index is 1150. The van der Waals surface area contributed by atoms with E-state index in [2.05, 4.69) is 18.3 Å². The molecule has 0 spiro atoms. The highest BCUT2D eigenvalue weighted by molar-refractivity contribution is 6.00. The summed E-state index contributed by atoms with van der Waals surface area (Å²) in [5.74, 6) is 1.75. The van der Waals surface area contributed by atoms with Crippen LogP contribution in [0.2, 0.25) is 0 Å². The Morgan fingerprint density at radius 3 is 2.51 bits per heavy atom. The number of ether oxygens (including phenoxy) is 5. The molecule has 0 saturated carbocycles. The Labute approximate surface area is 204 Å². The second kappa shape index (κ2) is 11.4. The molecule has 2 aromatic carbocycles. The maximum atomic E-state index is 13.2. The van der Waals surface area contributed by atoms with E-state index in [1.165, 1.54) is 7.11 Å². The van der Waals surface area contributed by atoms with Crippen LogP contribution >= 0.6 is 0 Å². The van der Waals surface area contributed by atoms with E-state index in [-0.39, 0.29) is 25.5 Å². The van der Waals surface area contributed by atoms with Gasteiger partial charge in [0.2, 0.25) is 5.78 Å². The lowest BCUT2D eigenvalue weighted by Gasteiger charge is -2.30. The predicted molar refractivity (Wildman–Crippen MR) is 134 cm³/mol. The molecule has 0 radical (unpaired) electrons. The molecule has 0 aromatic heterocycles. The van der Waals surface area contributed by atoms with E-state index in [4.69, 9.17) is 23.7 Å². The van der Waals surface area contributed by atoms with Gasteiger partial charge in [-0.05, 0) is 38.1 Å². The number of Topliss-reactive ketones (excluding diaryl/α,β-unsaturated/α-hetero) is 1. The molecule has 184 valence electrons. The van der Waals surface area contributed by atoms with Crippen LogP contribution in [0.5, 0.6) is 28.7 Å². The van der Waals surface area contributed by atoms with E-state index in [0.29, 0.717) is 52.0 Å². The highest BCUT2D eigenvalue weighted by Gasteiger charge is 2.28. The van der Waals surface area contributed by atoms with Crippen molar-refractivity contribution in [2.45, 2.75) is 26.0 Å². The Balaban J connectivity index is 1.94. The zero-order chi connectivity index (χ0) is 25.4. The molecule has 8 nitrogen and oxygen atoms in total. The lowest BCUT2D eigenvalue weighted by atomic mass is 9.98. The van der Waals surface area contributed by atoms with E-state index >= 15 is 0 Å². The minimum atomic E-state index is -0.539. The number of fused-ring (bicyclic) bond motifs is 1. The Hall–Kier alpha value is -4.07. The number of hydrogen-bond acceptors (Lipinski definition) is 8. The molecule has 0 atom stereocenters. The van der Waals surface area contributed by atoms with Gasteiger partial charge < -0.3 is 23.7 Å². The van der Waals surface area contributed by atoms with Crippen LogP contribution in [0.4, 0.5) is 0 Å². The molecule has 1 aliphatic heterocycles. The molecule has 8 heteroatoms. The van der Waals surface area contributed by atoms with Crippen molar-refractivity contribution in [1.29, 1.82) is 0 Å². The fourth-order valence-corrected chi connectivity index (χ4v) is 3.54. The van der Waals surface area contributed by atoms with E-state index in [1.807, 2.05) is 26.0 Å². The summed E-state index contributed by atoms with van der Waals surface area (Å²) in [6.45, 7) is 11.1. The lowest BCUT2D eigenvalue weighted by molar-refractivity contribution is 0.0915. The highest BCUT2D eigenvalue weighted by atomic mass is 16.5. The van der Waals surface area contributed by atoms with Crippen molar-refractivity contribution in [1.82, 2.24) is 0 Å². The number of ketones is 1. The molecule has 0 saturated heterocycles. The third-order valence-corrected chi connectivity index (χ3v) is 5.14. The smallest absolute Gasteiger partial charge is 0.203 e. The number of benzene rings is 2. The van der Waals surface area contributed by atoms with Crippen LogP contribution in [-0.2, 0) is 6.54 Å². The van der Waals surface area contributed by atoms with Gasteiger partial charge in [-0.3, -0.25) is 4.79 Å². The van der Waals surface area contributed by atoms with Gasteiger partial charge in [0.25, 0.3) is 0 Å². The van der Waals surface area contributed by atoms with Crippen molar-refractivity contribution in [3.63, 3.8) is 0 Å².